The van der Waals surface area contributed by atoms with E-state index in [9.17, 15) is 9.59 Å². The zero-order chi connectivity index (χ0) is 21.3. The third-order valence-electron chi connectivity index (χ3n) is 4.63. The van der Waals surface area contributed by atoms with Gasteiger partial charge in [0.1, 0.15) is 11.5 Å². The molecule has 1 aliphatic heterocycles. The molecular formula is C23H17BrN2O4. The van der Waals surface area contributed by atoms with Crippen LogP contribution in [0.15, 0.2) is 80.2 Å². The quantitative estimate of drug-likeness (QED) is 0.387. The summed E-state index contributed by atoms with van der Waals surface area (Å²) in [7, 11) is 1.33. The molecule has 3 aromatic rings. The minimum Gasteiger partial charge on any atom is -0.465 e. The number of hydrazone groups is 1. The first kappa shape index (κ1) is 19.8. The van der Waals surface area contributed by atoms with Gasteiger partial charge in [0.05, 0.1) is 29.6 Å². The lowest BCUT2D eigenvalue weighted by atomic mass is 10.1. The van der Waals surface area contributed by atoms with Gasteiger partial charge in [-0.2, -0.15) is 10.1 Å². The molecule has 1 aromatic heterocycles. The molecule has 6 nitrogen and oxygen atoms in total. The highest BCUT2D eigenvalue weighted by atomic mass is 79.9. The second kappa shape index (κ2) is 8.12. The summed E-state index contributed by atoms with van der Waals surface area (Å²) in [4.78, 5) is 25.0. The van der Waals surface area contributed by atoms with Gasteiger partial charge in [-0.1, -0.05) is 34.1 Å². The number of carbonyl (C=O) groups excluding carboxylic acids is 2. The Labute approximate surface area is 181 Å². The Kier molecular flexibility index (Phi) is 5.37. The van der Waals surface area contributed by atoms with Gasteiger partial charge in [0.15, 0.2) is 0 Å². The van der Waals surface area contributed by atoms with E-state index in [0.717, 1.165) is 4.47 Å². The fraction of sp³-hybridized carbons (Fsp3) is 0.0870. The lowest BCUT2D eigenvalue weighted by Crippen LogP contribution is -2.21. The molecule has 0 unspecified atom stereocenters. The zero-order valence-electron chi connectivity index (χ0n) is 16.3. The van der Waals surface area contributed by atoms with Gasteiger partial charge in [-0.3, -0.25) is 4.79 Å². The van der Waals surface area contributed by atoms with Crippen molar-refractivity contribution in [1.29, 1.82) is 0 Å². The number of para-hydroxylation sites is 1. The molecule has 0 atom stereocenters. The first-order valence-electron chi connectivity index (χ1n) is 9.13. The van der Waals surface area contributed by atoms with Crippen LogP contribution < -0.4 is 5.01 Å². The average Bonchev–Trinajstić information content (AvgIpc) is 3.34. The first-order valence-corrected chi connectivity index (χ1v) is 9.92. The third kappa shape index (κ3) is 3.71. The SMILES string of the molecule is COC(=O)c1cc(Br)ccc1-c1ccc(/C=C2\C(=O)N(c3ccccc3)N=C2C)o1. The zero-order valence-corrected chi connectivity index (χ0v) is 17.8. The summed E-state index contributed by atoms with van der Waals surface area (Å²) in [5.74, 6) is 0.289. The first-order chi connectivity index (χ1) is 14.5. The molecule has 30 heavy (non-hydrogen) atoms. The number of hydrogen-bond donors (Lipinski definition) is 0. The maximum absolute atomic E-state index is 12.9. The van der Waals surface area contributed by atoms with E-state index >= 15 is 0 Å². The Balaban J connectivity index is 1.66. The molecule has 0 aliphatic carbocycles. The van der Waals surface area contributed by atoms with Crippen LogP contribution in [-0.2, 0) is 9.53 Å². The molecule has 0 fully saturated rings. The summed E-state index contributed by atoms with van der Waals surface area (Å²) >= 11 is 3.36. The second-order valence-corrected chi connectivity index (χ2v) is 7.50. The minimum atomic E-state index is -0.463. The van der Waals surface area contributed by atoms with Crippen LogP contribution in [-0.4, -0.2) is 24.7 Å². The number of hydrogen-bond acceptors (Lipinski definition) is 5. The topological polar surface area (TPSA) is 72.1 Å². The molecule has 2 aromatic carbocycles. The number of nitrogens with zero attached hydrogens (tertiary/aromatic N) is 2. The molecular weight excluding hydrogens is 448 g/mol. The Hall–Kier alpha value is -3.45. The van der Waals surface area contributed by atoms with Gasteiger partial charge in [0, 0.05) is 10.0 Å². The van der Waals surface area contributed by atoms with Crippen molar-refractivity contribution in [3.8, 4) is 11.3 Å². The van der Waals surface area contributed by atoms with Gasteiger partial charge in [0.2, 0.25) is 0 Å². The lowest BCUT2D eigenvalue weighted by Gasteiger charge is -2.10. The summed E-state index contributed by atoms with van der Waals surface area (Å²) in [5, 5.41) is 5.73. The molecule has 1 aliphatic rings. The van der Waals surface area contributed by atoms with Crippen LogP contribution in [0.4, 0.5) is 5.69 Å². The molecule has 0 radical (unpaired) electrons. The molecule has 4 rings (SSSR count). The van der Waals surface area contributed by atoms with Gasteiger partial charge in [-0.15, -0.1) is 0 Å². The summed E-state index contributed by atoms with van der Waals surface area (Å²) < 4.78 is 11.5. The molecule has 0 bridgehead atoms. The predicted molar refractivity (Wildman–Crippen MR) is 118 cm³/mol. The standard InChI is InChI=1S/C23H17BrN2O4/c1-14-19(22(27)26(25-14)16-6-4-3-5-7-16)13-17-9-11-21(30-17)18-10-8-15(24)12-20(18)23(28)29-2/h3-13H,1-2H3/b19-13-. The molecule has 7 heteroatoms. The number of rotatable bonds is 4. The number of halogens is 1. The van der Waals surface area contributed by atoms with Crippen molar-refractivity contribution < 1.29 is 18.7 Å². The number of anilines is 1. The smallest absolute Gasteiger partial charge is 0.338 e. The number of amides is 1. The van der Waals surface area contributed by atoms with Crippen LogP contribution in [0.25, 0.3) is 17.4 Å². The van der Waals surface area contributed by atoms with Crippen LogP contribution in [0.5, 0.6) is 0 Å². The van der Waals surface area contributed by atoms with Crippen molar-refractivity contribution in [2.45, 2.75) is 6.92 Å². The predicted octanol–water partition coefficient (Wildman–Crippen LogP) is 5.30. The Bertz CT molecular complexity index is 1190. The van der Waals surface area contributed by atoms with Crippen molar-refractivity contribution >= 4 is 45.3 Å². The highest BCUT2D eigenvalue weighted by molar-refractivity contribution is 9.10. The molecule has 0 saturated heterocycles. The van der Waals surface area contributed by atoms with E-state index in [4.69, 9.17) is 9.15 Å². The maximum atomic E-state index is 12.9. The summed E-state index contributed by atoms with van der Waals surface area (Å²) in [6, 6.07) is 18.0. The van der Waals surface area contributed by atoms with Crippen LogP contribution >= 0.6 is 15.9 Å². The Morgan fingerprint density at radius 2 is 1.90 bits per heavy atom. The van der Waals surface area contributed by atoms with E-state index in [1.807, 2.05) is 36.4 Å². The van der Waals surface area contributed by atoms with Gasteiger partial charge in [0.25, 0.3) is 5.91 Å². The van der Waals surface area contributed by atoms with Crippen LogP contribution in [0, 0.1) is 0 Å². The van der Waals surface area contributed by atoms with Gasteiger partial charge < -0.3 is 9.15 Å². The van der Waals surface area contributed by atoms with E-state index in [-0.39, 0.29) is 5.91 Å². The third-order valence-corrected chi connectivity index (χ3v) is 5.12. The lowest BCUT2D eigenvalue weighted by molar-refractivity contribution is -0.114. The fourth-order valence-corrected chi connectivity index (χ4v) is 3.52. The Morgan fingerprint density at radius 1 is 1.13 bits per heavy atom. The normalized spacial score (nSPS) is 14.9. The largest absolute Gasteiger partial charge is 0.465 e. The number of carbonyl (C=O) groups is 2. The summed E-state index contributed by atoms with van der Waals surface area (Å²) in [5.41, 5.74) is 2.72. The Morgan fingerprint density at radius 3 is 2.63 bits per heavy atom. The maximum Gasteiger partial charge on any atom is 0.338 e. The molecule has 150 valence electrons. The van der Waals surface area contributed by atoms with E-state index < -0.39 is 5.97 Å². The number of furan rings is 1. The van der Waals surface area contributed by atoms with Crippen LogP contribution in [0.3, 0.4) is 0 Å². The van der Waals surface area contributed by atoms with Crippen molar-refractivity contribution in [1.82, 2.24) is 0 Å². The number of benzene rings is 2. The molecule has 1 amide bonds. The molecule has 0 spiro atoms. The average molecular weight is 465 g/mol. The molecule has 2 heterocycles. The summed E-state index contributed by atoms with van der Waals surface area (Å²) in [6.07, 6.45) is 1.66. The minimum absolute atomic E-state index is 0.226. The highest BCUT2D eigenvalue weighted by Gasteiger charge is 2.29. The second-order valence-electron chi connectivity index (χ2n) is 6.58. The van der Waals surface area contributed by atoms with Gasteiger partial charge in [-0.05, 0) is 55.5 Å². The van der Waals surface area contributed by atoms with Gasteiger partial charge >= 0.3 is 5.97 Å². The van der Waals surface area contributed by atoms with E-state index in [0.29, 0.717) is 39.6 Å². The highest BCUT2D eigenvalue weighted by Crippen LogP contribution is 2.31. The number of ether oxygens (including phenoxy) is 1. The van der Waals surface area contributed by atoms with Gasteiger partial charge in [-0.25, -0.2) is 4.79 Å². The fourth-order valence-electron chi connectivity index (χ4n) is 3.16. The summed E-state index contributed by atoms with van der Waals surface area (Å²) in [6.45, 7) is 1.78. The monoisotopic (exact) mass is 464 g/mol. The van der Waals surface area contributed by atoms with Crippen molar-refractivity contribution in [3.05, 3.63) is 82.0 Å². The number of esters is 1. The van der Waals surface area contributed by atoms with E-state index in [1.165, 1.54) is 12.1 Å². The molecule has 0 N–H and O–H groups in total. The molecule has 0 saturated carbocycles. The van der Waals surface area contributed by atoms with E-state index in [1.54, 1.807) is 37.3 Å². The van der Waals surface area contributed by atoms with E-state index in [2.05, 4.69) is 21.0 Å². The van der Waals surface area contributed by atoms with Crippen LogP contribution in [0.2, 0.25) is 0 Å². The van der Waals surface area contributed by atoms with Crippen molar-refractivity contribution in [2.75, 3.05) is 12.1 Å². The van der Waals surface area contributed by atoms with Crippen LogP contribution in [0.1, 0.15) is 23.0 Å². The van der Waals surface area contributed by atoms with Crippen molar-refractivity contribution in [2.24, 2.45) is 5.10 Å². The number of methoxy groups -OCH3 is 1. The van der Waals surface area contributed by atoms with Crippen molar-refractivity contribution in [3.63, 3.8) is 0 Å².